The van der Waals surface area contributed by atoms with Crippen molar-refractivity contribution in [1.82, 2.24) is 9.97 Å². The van der Waals surface area contributed by atoms with Crippen molar-refractivity contribution < 1.29 is 4.92 Å². The molecule has 0 amide bonds. The van der Waals surface area contributed by atoms with Gasteiger partial charge in [0.25, 0.3) is 0 Å². The van der Waals surface area contributed by atoms with Crippen LogP contribution in [0.25, 0.3) is 0 Å². The van der Waals surface area contributed by atoms with Crippen molar-refractivity contribution in [2.24, 2.45) is 0 Å². The lowest BCUT2D eigenvalue weighted by atomic mass is 10.3. The number of nitrogens with one attached hydrogen (secondary N) is 1. The van der Waals surface area contributed by atoms with Crippen LogP contribution in [-0.4, -0.2) is 14.9 Å². The van der Waals surface area contributed by atoms with E-state index in [1.807, 2.05) is 13.8 Å². The van der Waals surface area contributed by atoms with E-state index >= 15 is 0 Å². The number of nitrogens with zero attached hydrogens (tertiary/aromatic N) is 3. The highest BCUT2D eigenvalue weighted by atomic mass is 32.1. The smallest absolute Gasteiger partial charge is 0.332 e. The summed E-state index contributed by atoms with van der Waals surface area (Å²) in [7, 11) is 0. The Morgan fingerprint density at radius 1 is 1.40 bits per heavy atom. The topological polar surface area (TPSA) is 107 Å². The lowest BCUT2D eigenvalue weighted by Crippen LogP contribution is -2.09. The third-order valence-electron chi connectivity index (χ3n) is 2.91. The number of anilines is 2. The van der Waals surface area contributed by atoms with Crippen molar-refractivity contribution in [2.45, 2.75) is 27.3 Å². The zero-order chi connectivity index (χ0) is 14.9. The number of nitrogens with two attached hydrogens (primary N) is 1. The molecule has 8 heteroatoms. The van der Waals surface area contributed by atoms with Gasteiger partial charge in [0.2, 0.25) is 11.8 Å². The fourth-order valence-corrected chi connectivity index (χ4v) is 2.83. The van der Waals surface area contributed by atoms with E-state index in [9.17, 15) is 10.1 Å². The van der Waals surface area contributed by atoms with Gasteiger partial charge in [-0.05, 0) is 32.4 Å². The van der Waals surface area contributed by atoms with Crippen molar-refractivity contribution in [2.75, 3.05) is 11.1 Å². The highest BCUT2D eigenvalue weighted by molar-refractivity contribution is 7.12. The lowest BCUT2D eigenvalue weighted by Gasteiger charge is -2.07. The highest BCUT2D eigenvalue weighted by Gasteiger charge is 2.21. The Bertz CT molecular complexity index is 649. The van der Waals surface area contributed by atoms with Crippen LogP contribution in [0, 0.1) is 30.9 Å². The van der Waals surface area contributed by atoms with Gasteiger partial charge in [0.15, 0.2) is 0 Å². The second kappa shape index (κ2) is 5.41. The first-order valence-corrected chi connectivity index (χ1v) is 6.78. The van der Waals surface area contributed by atoms with Crippen molar-refractivity contribution in [3.63, 3.8) is 0 Å². The van der Waals surface area contributed by atoms with E-state index in [0.29, 0.717) is 6.54 Å². The van der Waals surface area contributed by atoms with E-state index in [1.54, 1.807) is 18.3 Å². The molecule has 2 aromatic rings. The van der Waals surface area contributed by atoms with E-state index in [2.05, 4.69) is 21.4 Å². The Hall–Kier alpha value is -2.22. The maximum absolute atomic E-state index is 11.1. The van der Waals surface area contributed by atoms with Crippen molar-refractivity contribution in [3.8, 4) is 0 Å². The van der Waals surface area contributed by atoms with Gasteiger partial charge in [-0.2, -0.15) is 4.98 Å². The van der Waals surface area contributed by atoms with Crippen molar-refractivity contribution in [3.05, 3.63) is 37.2 Å². The van der Waals surface area contributed by atoms with Gasteiger partial charge in [-0.3, -0.25) is 10.1 Å². The Morgan fingerprint density at radius 3 is 2.65 bits per heavy atom. The van der Waals surface area contributed by atoms with Crippen LogP contribution < -0.4 is 11.1 Å². The fourth-order valence-electron chi connectivity index (χ4n) is 1.84. The summed E-state index contributed by atoms with van der Waals surface area (Å²) in [5.74, 6) is 0.179. The van der Waals surface area contributed by atoms with E-state index in [0.717, 1.165) is 4.88 Å². The normalized spacial score (nSPS) is 10.6. The Kier molecular flexibility index (Phi) is 3.84. The summed E-state index contributed by atoms with van der Waals surface area (Å²) in [5.41, 5.74) is 6.87. The number of rotatable bonds is 4. The molecule has 0 aromatic carbocycles. The monoisotopic (exact) mass is 293 g/mol. The lowest BCUT2D eigenvalue weighted by molar-refractivity contribution is -0.385. The third-order valence-corrected chi connectivity index (χ3v) is 4.06. The average Bonchev–Trinajstić information content (AvgIpc) is 2.64. The molecule has 0 fully saturated rings. The highest BCUT2D eigenvalue weighted by Crippen LogP contribution is 2.27. The SMILES string of the molecule is Cc1cc(CNc2nc(N)nc(C)c2[N+](=O)[O-])sc1C. The molecule has 2 rings (SSSR count). The van der Waals surface area contributed by atoms with Gasteiger partial charge in [-0.25, -0.2) is 4.98 Å². The summed E-state index contributed by atoms with van der Waals surface area (Å²) in [4.78, 5) is 20.6. The minimum Gasteiger partial charge on any atom is -0.368 e. The maximum Gasteiger partial charge on any atom is 0.332 e. The van der Waals surface area contributed by atoms with Crippen LogP contribution >= 0.6 is 11.3 Å². The molecule has 0 bridgehead atoms. The third kappa shape index (κ3) is 2.85. The van der Waals surface area contributed by atoms with Gasteiger partial charge < -0.3 is 11.1 Å². The number of aryl methyl sites for hydroxylation is 3. The molecular formula is C12H15N5O2S. The molecule has 2 heterocycles. The zero-order valence-electron chi connectivity index (χ0n) is 11.4. The summed E-state index contributed by atoms with van der Waals surface area (Å²) < 4.78 is 0. The number of hydrogen-bond donors (Lipinski definition) is 2. The van der Waals surface area contributed by atoms with E-state index < -0.39 is 4.92 Å². The average molecular weight is 293 g/mol. The minimum atomic E-state index is -0.498. The fraction of sp³-hybridized carbons (Fsp3) is 0.333. The zero-order valence-corrected chi connectivity index (χ0v) is 12.2. The Balaban J connectivity index is 2.26. The first-order chi connectivity index (χ1) is 9.38. The molecule has 3 N–H and O–H groups in total. The molecule has 0 radical (unpaired) electrons. The summed E-state index contributed by atoms with van der Waals surface area (Å²) in [6.45, 7) is 6.08. The number of aromatic nitrogens is 2. The molecule has 0 aliphatic carbocycles. The molecule has 7 nitrogen and oxygen atoms in total. The van der Waals surface area contributed by atoms with Crippen LogP contribution in [0.5, 0.6) is 0 Å². The first-order valence-electron chi connectivity index (χ1n) is 5.96. The molecule has 0 unspecified atom stereocenters. The summed E-state index contributed by atoms with van der Waals surface area (Å²) in [6, 6.07) is 2.05. The standard InChI is InChI=1S/C12H15N5O2S/c1-6-4-9(20-8(6)3)5-14-11-10(17(18)19)7(2)15-12(13)16-11/h4H,5H2,1-3H3,(H3,13,14,15,16). The van der Waals surface area contributed by atoms with Gasteiger partial charge >= 0.3 is 5.69 Å². The van der Waals surface area contributed by atoms with Gasteiger partial charge in [-0.15, -0.1) is 11.3 Å². The number of thiophene rings is 1. The first kappa shape index (κ1) is 14.2. The second-order valence-electron chi connectivity index (χ2n) is 4.43. The molecule has 0 spiro atoms. The number of nitrogen functional groups attached to an aromatic ring is 1. The second-order valence-corrected chi connectivity index (χ2v) is 5.77. The minimum absolute atomic E-state index is 0.0224. The maximum atomic E-state index is 11.1. The van der Waals surface area contributed by atoms with E-state index in [-0.39, 0.29) is 23.1 Å². The summed E-state index contributed by atoms with van der Waals surface area (Å²) >= 11 is 1.65. The predicted octanol–water partition coefficient (Wildman–Crippen LogP) is 2.57. The van der Waals surface area contributed by atoms with Crippen LogP contribution in [0.2, 0.25) is 0 Å². The van der Waals surface area contributed by atoms with Gasteiger partial charge in [0, 0.05) is 9.75 Å². The van der Waals surface area contributed by atoms with Crippen molar-refractivity contribution in [1.29, 1.82) is 0 Å². The number of nitro groups is 1. The molecule has 106 valence electrons. The Labute approximate surface area is 120 Å². The number of hydrogen-bond acceptors (Lipinski definition) is 7. The van der Waals surface area contributed by atoms with Crippen LogP contribution in [0.1, 0.15) is 21.0 Å². The molecule has 0 aliphatic heterocycles. The quantitative estimate of drug-likeness (QED) is 0.662. The van der Waals surface area contributed by atoms with Crippen molar-refractivity contribution >= 4 is 28.8 Å². The van der Waals surface area contributed by atoms with E-state index in [1.165, 1.54) is 10.4 Å². The van der Waals surface area contributed by atoms with Gasteiger partial charge in [-0.1, -0.05) is 0 Å². The largest absolute Gasteiger partial charge is 0.368 e. The molecule has 0 saturated carbocycles. The van der Waals surface area contributed by atoms with Gasteiger partial charge in [0.05, 0.1) is 11.5 Å². The molecular weight excluding hydrogens is 278 g/mol. The molecule has 0 atom stereocenters. The van der Waals surface area contributed by atoms with Crippen LogP contribution in [0.4, 0.5) is 17.5 Å². The molecule has 2 aromatic heterocycles. The van der Waals surface area contributed by atoms with E-state index in [4.69, 9.17) is 5.73 Å². The van der Waals surface area contributed by atoms with Crippen LogP contribution in [-0.2, 0) is 6.54 Å². The summed E-state index contributed by atoms with van der Waals surface area (Å²) in [5, 5.41) is 14.0. The molecule has 20 heavy (non-hydrogen) atoms. The Morgan fingerprint density at radius 2 is 2.10 bits per heavy atom. The van der Waals surface area contributed by atoms with Crippen LogP contribution in [0.3, 0.4) is 0 Å². The van der Waals surface area contributed by atoms with Crippen LogP contribution in [0.15, 0.2) is 6.07 Å². The predicted molar refractivity (Wildman–Crippen MR) is 79.0 cm³/mol. The molecule has 0 saturated heterocycles. The summed E-state index contributed by atoms with van der Waals surface area (Å²) in [6.07, 6.45) is 0. The molecule has 0 aliphatic rings. The van der Waals surface area contributed by atoms with Gasteiger partial charge in [0.1, 0.15) is 5.69 Å².